The number of carbonyl (C=O) groups is 2. The summed E-state index contributed by atoms with van der Waals surface area (Å²) in [7, 11) is 0. The van der Waals surface area contributed by atoms with Gasteiger partial charge in [0.05, 0.1) is 15.6 Å². The molecule has 0 heterocycles. The van der Waals surface area contributed by atoms with Gasteiger partial charge in [0.25, 0.3) is 5.91 Å². The van der Waals surface area contributed by atoms with Gasteiger partial charge in [-0.15, -0.1) is 0 Å². The largest absolute Gasteiger partial charge is 0.452 e. The Bertz CT molecular complexity index is 757. The molecule has 132 valence electrons. The third-order valence-corrected chi connectivity index (χ3v) is 4.51. The molecule has 6 heteroatoms. The molecular weight excluding hydrogens is 361 g/mol. The lowest BCUT2D eigenvalue weighted by Gasteiger charge is -2.15. The third-order valence-electron chi connectivity index (χ3n) is 3.88. The lowest BCUT2D eigenvalue weighted by Crippen LogP contribution is -2.22. The first kappa shape index (κ1) is 19.3. The predicted octanol–water partition coefficient (Wildman–Crippen LogP) is 5.30. The number of rotatable bonds is 6. The minimum absolute atomic E-state index is 0.0543. The molecule has 4 nitrogen and oxygen atoms in total. The average Bonchev–Trinajstić information content (AvgIpc) is 2.59. The van der Waals surface area contributed by atoms with Crippen LogP contribution in [0, 0.1) is 0 Å². The second kappa shape index (κ2) is 8.88. The molecule has 0 saturated carbocycles. The second-order valence-corrected chi connectivity index (χ2v) is 6.43. The van der Waals surface area contributed by atoms with E-state index >= 15 is 0 Å². The standard InChI is InChI=1S/C19H19Cl2NO3/c1-3-12(2)13-7-4-5-10-16(13)22-17(23)11-25-19(24)18-14(20)8-6-9-15(18)21/h4-10,12H,3,11H2,1-2H3,(H,22,23)/t12-/m0/s1. The lowest BCUT2D eigenvalue weighted by molar-refractivity contribution is -0.119. The lowest BCUT2D eigenvalue weighted by atomic mass is 9.97. The van der Waals surface area contributed by atoms with Crippen LogP contribution in [-0.4, -0.2) is 18.5 Å². The highest BCUT2D eigenvalue weighted by atomic mass is 35.5. The minimum Gasteiger partial charge on any atom is -0.452 e. The third kappa shape index (κ3) is 4.97. The Morgan fingerprint density at radius 2 is 1.72 bits per heavy atom. The average molecular weight is 380 g/mol. The number of esters is 1. The van der Waals surface area contributed by atoms with Gasteiger partial charge in [-0.2, -0.15) is 0 Å². The first-order valence-electron chi connectivity index (χ1n) is 7.94. The van der Waals surface area contributed by atoms with E-state index in [0.29, 0.717) is 11.6 Å². The zero-order chi connectivity index (χ0) is 18.4. The molecule has 0 spiro atoms. The smallest absolute Gasteiger partial charge is 0.341 e. The van der Waals surface area contributed by atoms with Crippen molar-refractivity contribution in [3.63, 3.8) is 0 Å². The topological polar surface area (TPSA) is 55.4 Å². The monoisotopic (exact) mass is 379 g/mol. The number of halogens is 2. The van der Waals surface area contributed by atoms with Gasteiger partial charge < -0.3 is 10.1 Å². The van der Waals surface area contributed by atoms with Crippen LogP contribution in [0.5, 0.6) is 0 Å². The van der Waals surface area contributed by atoms with Crippen molar-refractivity contribution >= 4 is 40.8 Å². The van der Waals surface area contributed by atoms with E-state index < -0.39 is 18.5 Å². The molecule has 0 aliphatic rings. The predicted molar refractivity (Wildman–Crippen MR) is 101 cm³/mol. The van der Waals surface area contributed by atoms with Crippen molar-refractivity contribution in [3.8, 4) is 0 Å². The van der Waals surface area contributed by atoms with Gasteiger partial charge in [0.1, 0.15) is 0 Å². The summed E-state index contributed by atoms with van der Waals surface area (Å²) in [6, 6.07) is 12.3. The zero-order valence-corrected chi connectivity index (χ0v) is 15.5. The van der Waals surface area contributed by atoms with Crippen molar-refractivity contribution in [2.24, 2.45) is 0 Å². The van der Waals surface area contributed by atoms with Gasteiger partial charge in [0.2, 0.25) is 0 Å². The molecule has 2 rings (SSSR count). The van der Waals surface area contributed by atoms with Crippen molar-refractivity contribution in [1.29, 1.82) is 0 Å². The van der Waals surface area contributed by atoms with E-state index in [1.165, 1.54) is 12.1 Å². The van der Waals surface area contributed by atoms with Gasteiger partial charge in [0.15, 0.2) is 6.61 Å². The van der Waals surface area contributed by atoms with E-state index in [1.807, 2.05) is 24.3 Å². The number of amides is 1. The molecular formula is C19H19Cl2NO3. The number of carbonyl (C=O) groups excluding carboxylic acids is 2. The molecule has 0 fully saturated rings. The van der Waals surface area contributed by atoms with Gasteiger partial charge in [-0.3, -0.25) is 4.79 Å². The molecule has 2 aromatic carbocycles. The number of benzene rings is 2. The number of ether oxygens (including phenoxy) is 1. The molecule has 0 aromatic heterocycles. The van der Waals surface area contributed by atoms with Gasteiger partial charge in [0, 0.05) is 5.69 Å². The van der Waals surface area contributed by atoms with Crippen molar-refractivity contribution < 1.29 is 14.3 Å². The maximum atomic E-state index is 12.1. The first-order chi connectivity index (χ1) is 11.9. The van der Waals surface area contributed by atoms with Crippen LogP contribution in [-0.2, 0) is 9.53 Å². The van der Waals surface area contributed by atoms with Gasteiger partial charge in [-0.1, -0.05) is 61.3 Å². The Labute approximate surface area is 157 Å². The minimum atomic E-state index is -0.735. The summed E-state index contributed by atoms with van der Waals surface area (Å²) in [6.07, 6.45) is 0.951. The molecule has 1 amide bonds. The van der Waals surface area contributed by atoms with Crippen LogP contribution in [0.4, 0.5) is 5.69 Å². The van der Waals surface area contributed by atoms with Crippen LogP contribution in [0.3, 0.4) is 0 Å². The molecule has 0 unspecified atom stereocenters. The highest BCUT2D eigenvalue weighted by molar-refractivity contribution is 6.39. The van der Waals surface area contributed by atoms with Gasteiger partial charge in [-0.25, -0.2) is 4.79 Å². The number of anilines is 1. The number of hydrogen-bond acceptors (Lipinski definition) is 3. The maximum Gasteiger partial charge on any atom is 0.341 e. The summed E-state index contributed by atoms with van der Waals surface area (Å²) in [6.45, 7) is 3.75. The molecule has 0 aliphatic carbocycles. The Morgan fingerprint density at radius 1 is 1.08 bits per heavy atom. The van der Waals surface area contributed by atoms with E-state index in [-0.39, 0.29) is 15.6 Å². The fourth-order valence-corrected chi connectivity index (χ4v) is 2.89. The first-order valence-corrected chi connectivity index (χ1v) is 8.69. The van der Waals surface area contributed by atoms with Crippen molar-refractivity contribution in [1.82, 2.24) is 0 Å². The van der Waals surface area contributed by atoms with Crippen LogP contribution in [0.1, 0.15) is 42.1 Å². The summed E-state index contributed by atoms with van der Waals surface area (Å²) in [5, 5.41) is 3.14. The summed E-state index contributed by atoms with van der Waals surface area (Å²) >= 11 is 11.9. The SMILES string of the molecule is CC[C@H](C)c1ccccc1NC(=O)COC(=O)c1c(Cl)cccc1Cl. The maximum absolute atomic E-state index is 12.1. The molecule has 25 heavy (non-hydrogen) atoms. The Hall–Kier alpha value is -2.04. The molecule has 0 aliphatic heterocycles. The van der Waals surface area contributed by atoms with Crippen molar-refractivity contribution in [2.75, 3.05) is 11.9 Å². The number of hydrogen-bond donors (Lipinski definition) is 1. The second-order valence-electron chi connectivity index (χ2n) is 5.62. The molecule has 1 atom stereocenters. The van der Waals surface area contributed by atoms with Crippen LogP contribution >= 0.6 is 23.2 Å². The zero-order valence-electron chi connectivity index (χ0n) is 14.0. The summed E-state index contributed by atoms with van der Waals surface area (Å²) < 4.78 is 5.03. The van der Waals surface area contributed by atoms with Crippen LogP contribution in [0.2, 0.25) is 10.0 Å². The van der Waals surface area contributed by atoms with E-state index in [9.17, 15) is 9.59 Å². The van der Waals surface area contributed by atoms with E-state index in [4.69, 9.17) is 27.9 Å². The van der Waals surface area contributed by atoms with Crippen LogP contribution in [0.25, 0.3) is 0 Å². The fourth-order valence-electron chi connectivity index (χ4n) is 2.34. The van der Waals surface area contributed by atoms with Crippen LogP contribution < -0.4 is 5.32 Å². The van der Waals surface area contributed by atoms with Crippen molar-refractivity contribution in [2.45, 2.75) is 26.2 Å². The molecule has 0 radical (unpaired) electrons. The van der Waals surface area contributed by atoms with Gasteiger partial charge >= 0.3 is 5.97 Å². The molecule has 0 bridgehead atoms. The van der Waals surface area contributed by atoms with Gasteiger partial charge in [-0.05, 0) is 36.1 Å². The Balaban J connectivity index is 2.01. The highest BCUT2D eigenvalue weighted by Gasteiger charge is 2.18. The molecule has 0 saturated heterocycles. The highest BCUT2D eigenvalue weighted by Crippen LogP contribution is 2.27. The Kier molecular flexibility index (Phi) is 6.85. The summed E-state index contributed by atoms with van der Waals surface area (Å²) in [4.78, 5) is 24.2. The summed E-state index contributed by atoms with van der Waals surface area (Å²) in [5.41, 5.74) is 1.81. The van der Waals surface area contributed by atoms with Crippen LogP contribution in [0.15, 0.2) is 42.5 Å². The van der Waals surface area contributed by atoms with E-state index in [2.05, 4.69) is 19.2 Å². The molecule has 1 N–H and O–H groups in total. The molecule has 2 aromatic rings. The number of para-hydroxylation sites is 1. The quantitative estimate of drug-likeness (QED) is 0.692. The number of nitrogens with one attached hydrogen (secondary N) is 1. The van der Waals surface area contributed by atoms with Crippen molar-refractivity contribution in [3.05, 3.63) is 63.6 Å². The van der Waals surface area contributed by atoms with E-state index in [0.717, 1.165) is 12.0 Å². The normalized spacial score (nSPS) is 11.7. The van der Waals surface area contributed by atoms with E-state index in [1.54, 1.807) is 6.07 Å². The Morgan fingerprint density at radius 3 is 2.36 bits per heavy atom. The fraction of sp³-hybridized carbons (Fsp3) is 0.263. The summed E-state index contributed by atoms with van der Waals surface area (Å²) in [5.74, 6) is -0.853.